The summed E-state index contributed by atoms with van der Waals surface area (Å²) in [6.07, 6.45) is 0. The molecule has 0 saturated carbocycles. The van der Waals surface area contributed by atoms with Gasteiger partial charge in [-0.1, -0.05) is 15.9 Å². The van der Waals surface area contributed by atoms with E-state index in [2.05, 4.69) is 31.4 Å². The molecule has 0 atom stereocenters. The molecule has 0 aliphatic heterocycles. The predicted molar refractivity (Wildman–Crippen MR) is 59.7 cm³/mol. The monoisotopic (exact) mass is 259 g/mol. The van der Waals surface area contributed by atoms with Gasteiger partial charge in [-0.25, -0.2) is 0 Å². The molecule has 0 fully saturated rings. The summed E-state index contributed by atoms with van der Waals surface area (Å²) in [6.45, 7) is 7.40. The Morgan fingerprint density at radius 2 is 2.07 bits per heavy atom. The number of hydrogen-bond acceptors (Lipinski definition) is 2. The largest absolute Gasteiger partial charge is 0.308 e. The standard InChI is InChI=1S/C9H14BrN3O/c1-5-6(2)12-13-7(5)11-8(14)9(3,4)10/h1-4H3,(H2,11,12,13,14). The molecule has 2 N–H and O–H groups in total. The first-order chi connectivity index (χ1) is 6.32. The lowest BCUT2D eigenvalue weighted by Crippen LogP contribution is -2.31. The van der Waals surface area contributed by atoms with E-state index in [1.54, 1.807) is 13.8 Å². The van der Waals surface area contributed by atoms with Crippen LogP contribution < -0.4 is 5.32 Å². The van der Waals surface area contributed by atoms with Crippen LogP contribution in [0, 0.1) is 13.8 Å². The number of alkyl halides is 1. The molecule has 0 spiro atoms. The lowest BCUT2D eigenvalue weighted by Gasteiger charge is -2.14. The van der Waals surface area contributed by atoms with Crippen molar-refractivity contribution in [2.75, 3.05) is 5.32 Å². The molecule has 1 amide bonds. The Balaban J connectivity index is 2.80. The number of halogens is 1. The molecular weight excluding hydrogens is 246 g/mol. The van der Waals surface area contributed by atoms with Crippen molar-refractivity contribution in [3.63, 3.8) is 0 Å². The van der Waals surface area contributed by atoms with Gasteiger partial charge in [0.15, 0.2) is 5.82 Å². The minimum Gasteiger partial charge on any atom is -0.308 e. The van der Waals surface area contributed by atoms with E-state index < -0.39 is 4.32 Å². The van der Waals surface area contributed by atoms with Gasteiger partial charge in [-0.15, -0.1) is 0 Å². The number of aromatic nitrogens is 2. The zero-order chi connectivity index (χ0) is 10.9. The summed E-state index contributed by atoms with van der Waals surface area (Å²) in [6, 6.07) is 0. The molecule has 1 aromatic rings. The number of nitrogens with one attached hydrogen (secondary N) is 2. The molecule has 0 unspecified atom stereocenters. The molecule has 0 radical (unpaired) electrons. The number of anilines is 1. The van der Waals surface area contributed by atoms with Crippen molar-refractivity contribution in [3.8, 4) is 0 Å². The second-order valence-electron chi connectivity index (χ2n) is 3.75. The zero-order valence-electron chi connectivity index (χ0n) is 8.73. The average Bonchev–Trinajstić information content (AvgIpc) is 2.34. The second kappa shape index (κ2) is 3.73. The number of aromatic amines is 1. The van der Waals surface area contributed by atoms with E-state index in [0.717, 1.165) is 11.3 Å². The van der Waals surface area contributed by atoms with E-state index in [1.807, 2.05) is 13.8 Å². The number of hydrogen-bond donors (Lipinski definition) is 2. The number of nitrogens with zero attached hydrogens (tertiary/aromatic N) is 1. The fourth-order valence-electron chi connectivity index (χ4n) is 0.863. The van der Waals surface area contributed by atoms with Gasteiger partial charge in [0, 0.05) is 11.3 Å². The molecule has 4 nitrogen and oxygen atoms in total. The van der Waals surface area contributed by atoms with Gasteiger partial charge >= 0.3 is 0 Å². The highest BCUT2D eigenvalue weighted by Crippen LogP contribution is 2.20. The Bertz CT molecular complexity index is 351. The third kappa shape index (κ3) is 2.35. The lowest BCUT2D eigenvalue weighted by atomic mass is 10.2. The van der Waals surface area contributed by atoms with Gasteiger partial charge in [-0.05, 0) is 27.7 Å². The minimum absolute atomic E-state index is 0.105. The highest BCUT2D eigenvalue weighted by Gasteiger charge is 2.24. The predicted octanol–water partition coefficient (Wildman–Crippen LogP) is 2.14. The van der Waals surface area contributed by atoms with Gasteiger partial charge in [-0.3, -0.25) is 9.89 Å². The van der Waals surface area contributed by atoms with Crippen LogP contribution in [0.4, 0.5) is 5.82 Å². The Morgan fingerprint density at radius 1 is 1.50 bits per heavy atom. The van der Waals surface area contributed by atoms with Crippen LogP contribution in [0.15, 0.2) is 0 Å². The number of carbonyl (C=O) groups excluding carboxylic acids is 1. The van der Waals surface area contributed by atoms with E-state index in [0.29, 0.717) is 5.82 Å². The summed E-state index contributed by atoms with van der Waals surface area (Å²) >= 11 is 3.28. The molecule has 0 saturated heterocycles. The maximum absolute atomic E-state index is 11.6. The van der Waals surface area contributed by atoms with Gasteiger partial charge in [0.2, 0.25) is 5.91 Å². The molecule has 0 bridgehead atoms. The van der Waals surface area contributed by atoms with Crippen LogP contribution in [-0.4, -0.2) is 20.4 Å². The van der Waals surface area contributed by atoms with E-state index in [9.17, 15) is 4.79 Å². The number of carbonyl (C=O) groups is 1. The van der Waals surface area contributed by atoms with E-state index in [-0.39, 0.29) is 5.91 Å². The van der Waals surface area contributed by atoms with E-state index >= 15 is 0 Å². The molecule has 0 aliphatic rings. The van der Waals surface area contributed by atoms with Crippen molar-refractivity contribution < 1.29 is 4.79 Å². The smallest absolute Gasteiger partial charge is 0.241 e. The first-order valence-corrected chi connectivity index (χ1v) is 5.13. The minimum atomic E-state index is -0.577. The maximum Gasteiger partial charge on any atom is 0.241 e. The van der Waals surface area contributed by atoms with Gasteiger partial charge < -0.3 is 5.32 Å². The highest BCUT2D eigenvalue weighted by atomic mass is 79.9. The number of amides is 1. The van der Waals surface area contributed by atoms with Crippen molar-refractivity contribution in [3.05, 3.63) is 11.3 Å². The van der Waals surface area contributed by atoms with Crippen LogP contribution in [-0.2, 0) is 4.79 Å². The summed E-state index contributed by atoms with van der Waals surface area (Å²) in [4.78, 5) is 11.6. The summed E-state index contributed by atoms with van der Waals surface area (Å²) in [7, 11) is 0. The van der Waals surface area contributed by atoms with Gasteiger partial charge in [-0.2, -0.15) is 5.10 Å². The van der Waals surface area contributed by atoms with Crippen LogP contribution in [0.1, 0.15) is 25.1 Å². The molecule has 5 heteroatoms. The zero-order valence-corrected chi connectivity index (χ0v) is 10.3. The molecule has 1 rings (SSSR count). The van der Waals surface area contributed by atoms with Crippen LogP contribution in [0.5, 0.6) is 0 Å². The van der Waals surface area contributed by atoms with Crippen molar-refractivity contribution in [2.45, 2.75) is 32.0 Å². The topological polar surface area (TPSA) is 57.8 Å². The summed E-state index contributed by atoms with van der Waals surface area (Å²) in [5.41, 5.74) is 1.93. The lowest BCUT2D eigenvalue weighted by molar-refractivity contribution is -0.117. The fraction of sp³-hybridized carbons (Fsp3) is 0.556. The van der Waals surface area contributed by atoms with Crippen LogP contribution >= 0.6 is 15.9 Å². The normalized spacial score (nSPS) is 11.5. The van der Waals surface area contributed by atoms with Crippen molar-refractivity contribution in [1.82, 2.24) is 10.2 Å². The average molecular weight is 260 g/mol. The maximum atomic E-state index is 11.6. The molecule has 1 aromatic heterocycles. The second-order valence-corrected chi connectivity index (χ2v) is 5.73. The first kappa shape index (κ1) is 11.2. The third-order valence-electron chi connectivity index (χ3n) is 2.02. The quantitative estimate of drug-likeness (QED) is 0.800. The highest BCUT2D eigenvalue weighted by molar-refractivity contribution is 9.10. The third-order valence-corrected chi connectivity index (χ3v) is 2.39. The Hall–Kier alpha value is -0.840. The Morgan fingerprint density at radius 3 is 2.43 bits per heavy atom. The fourth-order valence-corrected chi connectivity index (χ4v) is 0.962. The number of rotatable bonds is 2. The van der Waals surface area contributed by atoms with Crippen LogP contribution in [0.2, 0.25) is 0 Å². The van der Waals surface area contributed by atoms with Crippen molar-refractivity contribution >= 4 is 27.7 Å². The summed E-state index contributed by atoms with van der Waals surface area (Å²) in [5, 5.41) is 9.55. The van der Waals surface area contributed by atoms with Crippen LogP contribution in [0.3, 0.4) is 0 Å². The Labute approximate surface area is 91.6 Å². The van der Waals surface area contributed by atoms with Crippen molar-refractivity contribution in [2.24, 2.45) is 0 Å². The number of H-pyrrole nitrogens is 1. The van der Waals surface area contributed by atoms with Crippen LogP contribution in [0.25, 0.3) is 0 Å². The molecular formula is C9H14BrN3O. The molecule has 14 heavy (non-hydrogen) atoms. The number of aryl methyl sites for hydroxylation is 1. The van der Waals surface area contributed by atoms with Gasteiger partial charge in [0.25, 0.3) is 0 Å². The van der Waals surface area contributed by atoms with E-state index in [4.69, 9.17) is 0 Å². The van der Waals surface area contributed by atoms with Crippen molar-refractivity contribution in [1.29, 1.82) is 0 Å². The SMILES string of the molecule is Cc1[nH]nc(NC(=O)C(C)(C)Br)c1C. The molecule has 1 heterocycles. The van der Waals surface area contributed by atoms with Gasteiger partial charge in [0.05, 0.1) is 4.32 Å². The summed E-state index contributed by atoms with van der Waals surface area (Å²) in [5.74, 6) is 0.493. The molecule has 78 valence electrons. The molecule has 0 aliphatic carbocycles. The molecule has 0 aromatic carbocycles. The Kier molecular flexibility index (Phi) is 2.99. The van der Waals surface area contributed by atoms with Gasteiger partial charge in [0.1, 0.15) is 0 Å². The summed E-state index contributed by atoms with van der Waals surface area (Å²) < 4.78 is -0.577. The van der Waals surface area contributed by atoms with E-state index in [1.165, 1.54) is 0 Å². The first-order valence-electron chi connectivity index (χ1n) is 4.34.